The SMILES string of the molecule is COc1ccc(C)cc1[C@@H](C)NC(=O)NCCNc1cnccn1. The first-order chi connectivity index (χ1) is 11.6. The topological polar surface area (TPSA) is 88.2 Å². The van der Waals surface area contributed by atoms with E-state index in [1.165, 1.54) is 0 Å². The van der Waals surface area contributed by atoms with Gasteiger partial charge in [-0.05, 0) is 19.9 Å². The van der Waals surface area contributed by atoms with Crippen molar-refractivity contribution >= 4 is 11.8 Å². The third-order valence-electron chi connectivity index (χ3n) is 3.48. The number of benzene rings is 1. The molecule has 2 amide bonds. The van der Waals surface area contributed by atoms with E-state index in [0.717, 1.165) is 16.9 Å². The van der Waals surface area contributed by atoms with Crippen molar-refractivity contribution in [3.8, 4) is 5.75 Å². The lowest BCUT2D eigenvalue weighted by molar-refractivity contribution is 0.238. The van der Waals surface area contributed by atoms with Crippen molar-refractivity contribution in [2.45, 2.75) is 19.9 Å². The van der Waals surface area contributed by atoms with E-state index >= 15 is 0 Å². The molecule has 0 unspecified atom stereocenters. The van der Waals surface area contributed by atoms with Gasteiger partial charge in [0.05, 0.1) is 19.3 Å². The van der Waals surface area contributed by atoms with E-state index < -0.39 is 0 Å². The fraction of sp³-hybridized carbons (Fsp3) is 0.353. The molecule has 1 aromatic carbocycles. The molecular formula is C17H23N5O2. The molecule has 1 heterocycles. The zero-order chi connectivity index (χ0) is 17.4. The molecular weight excluding hydrogens is 306 g/mol. The van der Waals surface area contributed by atoms with Gasteiger partial charge in [0.2, 0.25) is 0 Å². The van der Waals surface area contributed by atoms with E-state index in [-0.39, 0.29) is 12.1 Å². The second kappa shape index (κ2) is 8.71. The molecule has 1 atom stereocenters. The summed E-state index contributed by atoms with van der Waals surface area (Å²) >= 11 is 0. The largest absolute Gasteiger partial charge is 0.496 e. The molecule has 7 nitrogen and oxygen atoms in total. The van der Waals surface area contributed by atoms with Crippen molar-refractivity contribution in [1.29, 1.82) is 0 Å². The van der Waals surface area contributed by atoms with Gasteiger partial charge in [-0.25, -0.2) is 9.78 Å². The molecule has 0 spiro atoms. The number of aryl methyl sites for hydroxylation is 1. The summed E-state index contributed by atoms with van der Waals surface area (Å²) in [7, 11) is 1.62. The number of carbonyl (C=O) groups excluding carboxylic acids is 1. The number of ether oxygens (including phenoxy) is 1. The van der Waals surface area contributed by atoms with Gasteiger partial charge < -0.3 is 20.7 Å². The molecule has 24 heavy (non-hydrogen) atoms. The fourth-order valence-corrected chi connectivity index (χ4v) is 2.27. The molecule has 3 N–H and O–H groups in total. The number of methoxy groups -OCH3 is 1. The Labute approximate surface area is 141 Å². The van der Waals surface area contributed by atoms with Gasteiger partial charge in [0.1, 0.15) is 11.6 Å². The molecule has 0 fully saturated rings. The summed E-state index contributed by atoms with van der Waals surface area (Å²) in [6, 6.07) is 5.51. The molecule has 1 aromatic heterocycles. The number of nitrogens with one attached hydrogen (secondary N) is 3. The van der Waals surface area contributed by atoms with Gasteiger partial charge in [-0.3, -0.25) is 4.98 Å². The molecule has 0 saturated carbocycles. The van der Waals surface area contributed by atoms with Crippen LogP contribution in [-0.2, 0) is 0 Å². The Morgan fingerprint density at radius 1 is 1.29 bits per heavy atom. The summed E-state index contributed by atoms with van der Waals surface area (Å²) in [4.78, 5) is 20.1. The fourth-order valence-electron chi connectivity index (χ4n) is 2.27. The van der Waals surface area contributed by atoms with Crippen molar-refractivity contribution in [1.82, 2.24) is 20.6 Å². The Morgan fingerprint density at radius 2 is 2.12 bits per heavy atom. The summed E-state index contributed by atoms with van der Waals surface area (Å²) < 4.78 is 5.36. The van der Waals surface area contributed by atoms with Gasteiger partial charge in [0.25, 0.3) is 0 Å². The van der Waals surface area contributed by atoms with E-state index in [4.69, 9.17) is 4.74 Å². The third-order valence-corrected chi connectivity index (χ3v) is 3.48. The van der Waals surface area contributed by atoms with Crippen molar-refractivity contribution in [3.05, 3.63) is 47.9 Å². The number of urea groups is 1. The minimum atomic E-state index is -0.230. The van der Waals surface area contributed by atoms with E-state index in [9.17, 15) is 4.79 Å². The standard InChI is InChI=1S/C17H23N5O2/c1-12-4-5-15(24-3)14(10-12)13(2)22-17(23)21-9-8-20-16-11-18-6-7-19-16/h4-7,10-11,13H,8-9H2,1-3H3,(H,19,20)(H2,21,22,23)/t13-/m1/s1. The maximum atomic E-state index is 12.0. The number of amides is 2. The van der Waals surface area contributed by atoms with E-state index in [1.54, 1.807) is 25.7 Å². The van der Waals surface area contributed by atoms with Gasteiger partial charge >= 0.3 is 6.03 Å². The van der Waals surface area contributed by atoms with Crippen LogP contribution in [0.15, 0.2) is 36.8 Å². The Balaban J connectivity index is 1.78. The molecule has 0 saturated heterocycles. The van der Waals surface area contributed by atoms with E-state index in [1.807, 2.05) is 32.0 Å². The highest BCUT2D eigenvalue weighted by molar-refractivity contribution is 5.74. The Kier molecular flexibility index (Phi) is 6.36. The molecule has 0 aliphatic heterocycles. The van der Waals surface area contributed by atoms with Gasteiger partial charge in [-0.2, -0.15) is 0 Å². The van der Waals surface area contributed by atoms with Crippen LogP contribution in [0.3, 0.4) is 0 Å². The van der Waals surface area contributed by atoms with Crippen LogP contribution in [0.5, 0.6) is 5.75 Å². The Bertz CT molecular complexity index is 663. The Morgan fingerprint density at radius 3 is 2.83 bits per heavy atom. The summed E-state index contributed by atoms with van der Waals surface area (Å²) in [6.45, 7) is 4.97. The quantitative estimate of drug-likeness (QED) is 0.678. The molecule has 0 aliphatic rings. The number of anilines is 1. The maximum Gasteiger partial charge on any atom is 0.315 e. The van der Waals surface area contributed by atoms with Crippen LogP contribution in [0.1, 0.15) is 24.1 Å². The van der Waals surface area contributed by atoms with Gasteiger partial charge in [-0.1, -0.05) is 17.7 Å². The number of hydrogen-bond acceptors (Lipinski definition) is 5. The summed E-state index contributed by atoms with van der Waals surface area (Å²) in [5, 5.41) is 8.79. The van der Waals surface area contributed by atoms with Crippen molar-refractivity contribution in [2.24, 2.45) is 0 Å². The third kappa shape index (κ3) is 5.12. The normalized spacial score (nSPS) is 11.5. The van der Waals surface area contributed by atoms with Crippen LogP contribution in [0, 0.1) is 6.92 Å². The number of hydrogen-bond donors (Lipinski definition) is 3. The van der Waals surface area contributed by atoms with Crippen molar-refractivity contribution in [3.63, 3.8) is 0 Å². The first-order valence-electron chi connectivity index (χ1n) is 7.79. The monoisotopic (exact) mass is 329 g/mol. The molecule has 2 aromatic rings. The molecule has 2 rings (SSSR count). The predicted molar refractivity (Wildman–Crippen MR) is 93.2 cm³/mol. The summed E-state index contributed by atoms with van der Waals surface area (Å²) in [5.41, 5.74) is 2.07. The second-order valence-electron chi connectivity index (χ2n) is 5.38. The number of rotatable bonds is 7. The average molecular weight is 329 g/mol. The predicted octanol–water partition coefficient (Wildman–Crippen LogP) is 2.27. The number of nitrogens with zero attached hydrogens (tertiary/aromatic N) is 2. The minimum absolute atomic E-state index is 0.159. The van der Waals surface area contributed by atoms with Crippen LogP contribution in [0.4, 0.5) is 10.6 Å². The summed E-state index contributed by atoms with van der Waals surface area (Å²) in [6.07, 6.45) is 4.85. The second-order valence-corrected chi connectivity index (χ2v) is 5.38. The molecule has 7 heteroatoms. The van der Waals surface area contributed by atoms with Crippen molar-refractivity contribution < 1.29 is 9.53 Å². The first kappa shape index (κ1) is 17.5. The minimum Gasteiger partial charge on any atom is -0.496 e. The lowest BCUT2D eigenvalue weighted by atomic mass is 10.0. The maximum absolute atomic E-state index is 12.0. The number of carbonyl (C=O) groups is 1. The molecule has 0 bridgehead atoms. The Hall–Kier alpha value is -2.83. The highest BCUT2D eigenvalue weighted by atomic mass is 16.5. The zero-order valence-corrected chi connectivity index (χ0v) is 14.2. The summed E-state index contributed by atoms with van der Waals surface area (Å²) in [5.74, 6) is 1.44. The molecule has 128 valence electrons. The number of aromatic nitrogens is 2. The average Bonchev–Trinajstić information content (AvgIpc) is 2.59. The van der Waals surface area contributed by atoms with Crippen LogP contribution < -0.4 is 20.7 Å². The van der Waals surface area contributed by atoms with Crippen LogP contribution in [-0.4, -0.2) is 36.2 Å². The van der Waals surface area contributed by atoms with Gasteiger partial charge in [-0.15, -0.1) is 0 Å². The smallest absolute Gasteiger partial charge is 0.315 e. The van der Waals surface area contributed by atoms with Crippen LogP contribution in [0.2, 0.25) is 0 Å². The highest BCUT2D eigenvalue weighted by Crippen LogP contribution is 2.25. The lowest BCUT2D eigenvalue weighted by Crippen LogP contribution is -2.39. The van der Waals surface area contributed by atoms with Gasteiger partial charge in [0, 0.05) is 31.0 Å². The van der Waals surface area contributed by atoms with Crippen LogP contribution in [0.25, 0.3) is 0 Å². The van der Waals surface area contributed by atoms with Crippen molar-refractivity contribution in [2.75, 3.05) is 25.5 Å². The molecule has 0 aliphatic carbocycles. The lowest BCUT2D eigenvalue weighted by Gasteiger charge is -2.18. The first-order valence-corrected chi connectivity index (χ1v) is 7.79. The highest BCUT2D eigenvalue weighted by Gasteiger charge is 2.13. The van der Waals surface area contributed by atoms with E-state index in [2.05, 4.69) is 25.9 Å². The van der Waals surface area contributed by atoms with E-state index in [0.29, 0.717) is 18.9 Å². The van der Waals surface area contributed by atoms with Gasteiger partial charge in [0.15, 0.2) is 0 Å². The molecule has 0 radical (unpaired) electrons. The van der Waals surface area contributed by atoms with Crippen LogP contribution >= 0.6 is 0 Å². The zero-order valence-electron chi connectivity index (χ0n) is 14.2.